The summed E-state index contributed by atoms with van der Waals surface area (Å²) in [5.74, 6) is -0.774. The standard InChI is InChI=1S/C62H124NO8P/c1-6-8-10-12-14-16-18-20-22-23-24-25-26-27-28-29-30-31-32-33-34-35-36-37-38-39-40-41-43-45-47-49-51-53-55-62(65)71-60(59-70-72(66,67)69-57-56-63(3,4)5)58-68-61(64)54-52-50-48-46-44-42-21-19-17-15-13-11-9-7-2/h60H,6-59H2,1-5H3/p+1. The number of nitrogens with zero attached hydrogens (tertiary/aromatic N) is 1. The lowest BCUT2D eigenvalue weighted by atomic mass is 10.0. The van der Waals surface area contributed by atoms with Gasteiger partial charge >= 0.3 is 19.8 Å². The Balaban J connectivity index is 3.91. The Labute approximate surface area is 448 Å². The van der Waals surface area contributed by atoms with Crippen LogP contribution < -0.4 is 0 Å². The molecule has 0 spiro atoms. The van der Waals surface area contributed by atoms with Gasteiger partial charge in [0, 0.05) is 12.8 Å². The highest BCUT2D eigenvalue weighted by Crippen LogP contribution is 2.43. The van der Waals surface area contributed by atoms with Crippen LogP contribution in [0.4, 0.5) is 0 Å². The van der Waals surface area contributed by atoms with Crippen LogP contribution in [0.25, 0.3) is 0 Å². The number of carbonyl (C=O) groups excluding carboxylic acids is 2. The molecule has 9 nitrogen and oxygen atoms in total. The number of phosphoric ester groups is 1. The highest BCUT2D eigenvalue weighted by atomic mass is 31.2. The molecule has 10 heteroatoms. The van der Waals surface area contributed by atoms with Crippen LogP contribution in [-0.4, -0.2) is 74.9 Å². The fraction of sp³-hybridized carbons (Fsp3) is 0.968. The number of rotatable bonds is 60. The van der Waals surface area contributed by atoms with Gasteiger partial charge in [0.1, 0.15) is 19.8 Å². The number of esters is 2. The lowest BCUT2D eigenvalue weighted by Gasteiger charge is -2.24. The molecule has 0 aliphatic rings. The largest absolute Gasteiger partial charge is 0.472 e. The lowest BCUT2D eigenvalue weighted by molar-refractivity contribution is -0.870. The van der Waals surface area contributed by atoms with Crippen LogP contribution in [0.1, 0.15) is 335 Å². The molecule has 1 N–H and O–H groups in total. The smallest absolute Gasteiger partial charge is 0.462 e. The number of ether oxygens (including phenoxy) is 2. The van der Waals surface area contributed by atoms with Gasteiger partial charge in [-0.25, -0.2) is 4.57 Å². The van der Waals surface area contributed by atoms with Crippen LogP contribution in [0.15, 0.2) is 0 Å². The molecule has 0 aromatic rings. The van der Waals surface area contributed by atoms with E-state index < -0.39 is 26.5 Å². The van der Waals surface area contributed by atoms with E-state index in [0.29, 0.717) is 17.4 Å². The monoisotopic (exact) mass is 1040 g/mol. The van der Waals surface area contributed by atoms with Crippen molar-refractivity contribution in [1.29, 1.82) is 0 Å². The van der Waals surface area contributed by atoms with E-state index in [9.17, 15) is 19.0 Å². The Hall–Kier alpha value is -0.990. The molecular weight excluding hydrogens is 918 g/mol. The molecule has 2 atom stereocenters. The summed E-state index contributed by atoms with van der Waals surface area (Å²) in [7, 11) is 1.50. The summed E-state index contributed by atoms with van der Waals surface area (Å²) in [4.78, 5) is 35.7. The minimum absolute atomic E-state index is 0.0374. The lowest BCUT2D eigenvalue weighted by Crippen LogP contribution is -2.37. The highest BCUT2D eigenvalue weighted by molar-refractivity contribution is 7.47. The van der Waals surface area contributed by atoms with Gasteiger partial charge in [-0.3, -0.25) is 18.6 Å². The fourth-order valence-electron chi connectivity index (χ4n) is 9.73. The van der Waals surface area contributed by atoms with Crippen molar-refractivity contribution in [2.45, 2.75) is 341 Å². The zero-order valence-corrected chi connectivity index (χ0v) is 49.9. The SMILES string of the molecule is CCCCCCCCCCCCCCCCCCCCCCCCCCCCCCCCCCCCC(=O)OC(COC(=O)CCCCCCCCCCCCCCCC)COP(=O)(O)OCC[N+](C)(C)C. The van der Waals surface area contributed by atoms with E-state index in [1.807, 2.05) is 21.1 Å². The molecule has 0 heterocycles. The summed E-state index contributed by atoms with van der Waals surface area (Å²) in [6, 6.07) is 0. The molecule has 0 saturated carbocycles. The second-order valence-corrected chi connectivity index (χ2v) is 24.6. The molecule has 0 radical (unpaired) electrons. The Morgan fingerprint density at radius 2 is 0.625 bits per heavy atom. The first-order valence-electron chi connectivity index (χ1n) is 31.8. The predicted molar refractivity (Wildman–Crippen MR) is 308 cm³/mol. The van der Waals surface area contributed by atoms with E-state index in [0.717, 1.165) is 38.5 Å². The van der Waals surface area contributed by atoms with Crippen molar-refractivity contribution >= 4 is 19.8 Å². The Bertz CT molecular complexity index is 1180. The molecule has 0 aliphatic carbocycles. The molecule has 0 aromatic heterocycles. The number of likely N-dealkylation sites (N-methyl/N-ethyl adjacent to an activating group) is 1. The first kappa shape index (κ1) is 71.0. The summed E-state index contributed by atoms with van der Waals surface area (Å²) in [5.41, 5.74) is 0. The van der Waals surface area contributed by atoms with Crippen molar-refractivity contribution in [2.24, 2.45) is 0 Å². The Morgan fingerprint density at radius 1 is 0.375 bits per heavy atom. The van der Waals surface area contributed by atoms with Crippen molar-refractivity contribution in [3.8, 4) is 0 Å². The zero-order valence-electron chi connectivity index (χ0n) is 49.0. The number of quaternary nitrogens is 1. The summed E-state index contributed by atoms with van der Waals surface area (Å²) in [6.07, 6.45) is 63.5. The summed E-state index contributed by atoms with van der Waals surface area (Å²) in [6.45, 7) is 4.50. The quantitative estimate of drug-likeness (QED) is 0.0278. The minimum atomic E-state index is -4.38. The molecule has 0 bridgehead atoms. The van der Waals surface area contributed by atoms with Gasteiger partial charge in [-0.15, -0.1) is 0 Å². The van der Waals surface area contributed by atoms with Crippen LogP contribution in [0.5, 0.6) is 0 Å². The second kappa shape index (κ2) is 54.8. The van der Waals surface area contributed by atoms with Crippen molar-refractivity contribution in [3.63, 3.8) is 0 Å². The number of phosphoric acid groups is 1. The highest BCUT2D eigenvalue weighted by Gasteiger charge is 2.27. The van der Waals surface area contributed by atoms with Crippen LogP contribution in [0.2, 0.25) is 0 Å². The average Bonchev–Trinajstić information content (AvgIpc) is 3.34. The average molecular weight is 1040 g/mol. The van der Waals surface area contributed by atoms with E-state index in [4.69, 9.17) is 18.5 Å². The van der Waals surface area contributed by atoms with E-state index >= 15 is 0 Å². The predicted octanol–water partition coefficient (Wildman–Crippen LogP) is 19.8. The molecule has 0 rings (SSSR count). The summed E-state index contributed by atoms with van der Waals surface area (Å²) >= 11 is 0. The Morgan fingerprint density at radius 3 is 0.889 bits per heavy atom. The van der Waals surface area contributed by atoms with Crippen molar-refractivity contribution in [3.05, 3.63) is 0 Å². The molecule has 2 unspecified atom stereocenters. The maximum atomic E-state index is 12.8. The van der Waals surface area contributed by atoms with Crippen LogP contribution in [0.3, 0.4) is 0 Å². The van der Waals surface area contributed by atoms with Gasteiger partial charge in [0.15, 0.2) is 6.10 Å². The third-order valence-corrected chi connectivity index (χ3v) is 15.6. The van der Waals surface area contributed by atoms with Gasteiger partial charge in [-0.2, -0.15) is 0 Å². The van der Waals surface area contributed by atoms with Crippen molar-refractivity contribution < 1.29 is 42.1 Å². The normalized spacial score (nSPS) is 13.1. The minimum Gasteiger partial charge on any atom is -0.462 e. The third-order valence-electron chi connectivity index (χ3n) is 14.6. The molecule has 430 valence electrons. The van der Waals surface area contributed by atoms with Crippen LogP contribution in [0, 0.1) is 0 Å². The van der Waals surface area contributed by atoms with Gasteiger partial charge in [-0.05, 0) is 12.8 Å². The molecule has 0 amide bonds. The van der Waals surface area contributed by atoms with E-state index in [-0.39, 0.29) is 25.6 Å². The second-order valence-electron chi connectivity index (χ2n) is 23.2. The maximum Gasteiger partial charge on any atom is 0.472 e. The van der Waals surface area contributed by atoms with Gasteiger partial charge in [0.05, 0.1) is 27.7 Å². The van der Waals surface area contributed by atoms with Crippen LogP contribution >= 0.6 is 7.82 Å². The van der Waals surface area contributed by atoms with Crippen molar-refractivity contribution in [2.75, 3.05) is 47.5 Å². The van der Waals surface area contributed by atoms with Gasteiger partial charge in [-0.1, -0.05) is 309 Å². The molecule has 0 fully saturated rings. The molecule has 72 heavy (non-hydrogen) atoms. The van der Waals surface area contributed by atoms with Gasteiger partial charge < -0.3 is 18.9 Å². The molecule has 0 saturated heterocycles. The van der Waals surface area contributed by atoms with Crippen molar-refractivity contribution in [1.82, 2.24) is 0 Å². The molecular formula is C62H125NO8P+. The summed E-state index contributed by atoms with van der Waals surface area (Å²) < 4.78 is 34.6. The van der Waals surface area contributed by atoms with Gasteiger partial charge in [0.25, 0.3) is 0 Å². The van der Waals surface area contributed by atoms with Gasteiger partial charge in [0.2, 0.25) is 0 Å². The van der Waals surface area contributed by atoms with E-state index in [2.05, 4.69) is 13.8 Å². The number of unbranched alkanes of at least 4 members (excludes halogenated alkanes) is 46. The summed E-state index contributed by atoms with van der Waals surface area (Å²) in [5, 5.41) is 0. The number of carbonyl (C=O) groups is 2. The van der Waals surface area contributed by atoms with Crippen LogP contribution in [-0.2, 0) is 32.7 Å². The first-order valence-corrected chi connectivity index (χ1v) is 33.3. The van der Waals surface area contributed by atoms with E-state index in [1.165, 1.54) is 270 Å². The topological polar surface area (TPSA) is 108 Å². The maximum absolute atomic E-state index is 12.8. The first-order chi connectivity index (χ1) is 35.0. The number of hydrogen-bond acceptors (Lipinski definition) is 7. The van der Waals surface area contributed by atoms with E-state index in [1.54, 1.807) is 0 Å². The zero-order chi connectivity index (χ0) is 52.7. The molecule has 0 aromatic carbocycles. The Kier molecular flexibility index (Phi) is 54.0. The fourth-order valence-corrected chi connectivity index (χ4v) is 10.5. The third kappa shape index (κ3) is 58.3. The number of hydrogen-bond donors (Lipinski definition) is 1. The molecule has 0 aliphatic heterocycles.